The summed E-state index contributed by atoms with van der Waals surface area (Å²) < 4.78 is 126. The first-order valence-electron chi connectivity index (χ1n) is 21.8. The zero-order chi connectivity index (χ0) is 54.6. The first kappa shape index (κ1) is 54.5. The molecule has 6 aromatic rings. The third-order valence-electron chi connectivity index (χ3n) is 13.1. The van der Waals surface area contributed by atoms with E-state index in [0.717, 1.165) is 58.3 Å². The van der Waals surface area contributed by atoms with Crippen LogP contribution in [-0.2, 0) is 20.8 Å². The average Bonchev–Trinajstić information content (AvgIpc) is 3.34. The van der Waals surface area contributed by atoms with Crippen LogP contribution < -0.4 is 19.3 Å². The number of aromatic carboxylic acids is 2. The molecule has 2 aliphatic heterocycles. The van der Waals surface area contributed by atoms with Crippen LogP contribution in [0.15, 0.2) is 109 Å². The van der Waals surface area contributed by atoms with Crippen molar-refractivity contribution in [3.05, 3.63) is 164 Å². The molecule has 4 N–H and O–H groups in total. The third-order valence-corrected chi connectivity index (χ3v) is 13.7. The summed E-state index contributed by atoms with van der Waals surface area (Å²) in [6.45, 7) is 1.82. The number of ether oxygens (including phenoxy) is 2. The molecule has 0 saturated carbocycles. The van der Waals surface area contributed by atoms with Gasteiger partial charge >= 0.3 is 24.3 Å². The summed E-state index contributed by atoms with van der Waals surface area (Å²) in [7, 11) is 2.79. The summed E-state index contributed by atoms with van der Waals surface area (Å²) >= 11 is 12.7. The fourth-order valence-corrected chi connectivity index (χ4v) is 9.33. The zero-order valence-electron chi connectivity index (χ0n) is 38.9. The molecule has 0 bridgehead atoms. The van der Waals surface area contributed by atoms with Gasteiger partial charge in [0.1, 0.15) is 23.1 Å². The lowest BCUT2D eigenvalue weighted by Crippen LogP contribution is -2.47. The minimum atomic E-state index is -5.14. The molecule has 6 aromatic carbocycles. The third kappa shape index (κ3) is 9.93. The molecule has 0 saturated heterocycles. The molecule has 8 rings (SSSR count). The molecule has 2 amide bonds. The van der Waals surface area contributed by atoms with E-state index < -0.39 is 93.0 Å². The number of carbonyl (C=O) groups excluding carboxylic acids is 2. The molecule has 12 nitrogen and oxygen atoms in total. The van der Waals surface area contributed by atoms with E-state index in [2.05, 4.69) is 0 Å². The highest BCUT2D eigenvalue weighted by Crippen LogP contribution is 2.53. The van der Waals surface area contributed by atoms with Crippen LogP contribution in [0.5, 0.6) is 11.5 Å². The molecule has 0 unspecified atom stereocenters. The summed E-state index contributed by atoms with van der Waals surface area (Å²) in [6, 6.07) is 21.6. The number of amides is 2. The minimum Gasteiger partial charge on any atom is -0.482 e. The van der Waals surface area contributed by atoms with E-state index in [9.17, 15) is 64.5 Å². The van der Waals surface area contributed by atoms with Gasteiger partial charge in [-0.25, -0.2) is 18.4 Å². The Hall–Kier alpha value is -7.26. The van der Waals surface area contributed by atoms with E-state index in [1.54, 1.807) is 0 Å². The van der Waals surface area contributed by atoms with Crippen LogP contribution >= 0.6 is 23.2 Å². The van der Waals surface area contributed by atoms with Crippen molar-refractivity contribution in [2.24, 2.45) is 0 Å². The number of halogens is 10. The summed E-state index contributed by atoms with van der Waals surface area (Å²) in [4.78, 5) is 48.4. The summed E-state index contributed by atoms with van der Waals surface area (Å²) in [5, 5.41) is 40.1. The van der Waals surface area contributed by atoms with Crippen molar-refractivity contribution in [2.45, 2.75) is 49.2 Å². The number of aliphatic hydroxyl groups is 2. The Labute approximate surface area is 425 Å². The maximum Gasteiger partial charge on any atom is 0.422 e. The number of anilines is 2. The summed E-state index contributed by atoms with van der Waals surface area (Å²) in [5.74, 6) is -8.58. The minimum absolute atomic E-state index is 0.0359. The Morgan fingerprint density at radius 3 is 1.16 bits per heavy atom. The Balaban J connectivity index is 0.000000216. The molecule has 388 valence electrons. The molecule has 2 heterocycles. The molecule has 0 aliphatic carbocycles. The van der Waals surface area contributed by atoms with E-state index in [4.69, 9.17) is 42.9 Å². The monoisotopic (exact) mass is 1070 g/mol. The first-order valence-corrected chi connectivity index (χ1v) is 22.6. The number of carboxylic acid groups (broad SMARTS) is 2. The molecule has 0 aromatic heterocycles. The van der Waals surface area contributed by atoms with Gasteiger partial charge in [-0.3, -0.25) is 9.59 Å². The molecule has 0 fully saturated rings. The van der Waals surface area contributed by atoms with Crippen LogP contribution in [0.3, 0.4) is 0 Å². The smallest absolute Gasteiger partial charge is 0.422 e. The summed E-state index contributed by atoms with van der Waals surface area (Å²) in [5.41, 5.74) is -7.60. The SMILES string of the molecule is C[C@@H](c1ccc(-c2ccc(C(=O)O)c(F)c2)cc1Cl)[C@](O)(c1ccc2c(c1)N(C)C(=O)CO2)C(F)(F)F.C[C@H](c1ccc(-c2ccc(C(=O)O)c(F)c2)cc1Cl)[C@@](O)(c1ccc2c(c1)N(C)C(=O)CO2)C(F)(F)F. The van der Waals surface area contributed by atoms with Gasteiger partial charge in [-0.2, -0.15) is 26.3 Å². The zero-order valence-corrected chi connectivity index (χ0v) is 40.4. The second-order valence-electron chi connectivity index (χ2n) is 17.3. The predicted octanol–water partition coefficient (Wildman–Crippen LogP) is 11.5. The normalized spacial score (nSPS) is 16.0. The summed E-state index contributed by atoms with van der Waals surface area (Å²) in [6.07, 6.45) is -10.3. The van der Waals surface area contributed by atoms with Gasteiger partial charge in [-0.05, 0) is 105 Å². The Bertz CT molecular complexity index is 3030. The number of hydrogen-bond donors (Lipinski definition) is 4. The highest BCUT2D eigenvalue weighted by atomic mass is 35.5. The number of nitrogens with zero attached hydrogens (tertiary/aromatic N) is 2. The van der Waals surface area contributed by atoms with Crippen LogP contribution in [0.1, 0.15) is 68.7 Å². The van der Waals surface area contributed by atoms with Crippen LogP contribution in [-0.4, -0.2) is 83.8 Å². The van der Waals surface area contributed by atoms with Gasteiger partial charge in [-0.1, -0.05) is 85.6 Å². The lowest BCUT2D eigenvalue weighted by molar-refractivity contribution is -0.274. The lowest BCUT2D eigenvalue weighted by Gasteiger charge is -2.38. The van der Waals surface area contributed by atoms with Crippen molar-refractivity contribution >= 4 is 58.3 Å². The van der Waals surface area contributed by atoms with E-state index in [-0.39, 0.29) is 68.4 Å². The topological polar surface area (TPSA) is 174 Å². The number of carbonyl (C=O) groups is 4. The molecule has 0 spiro atoms. The van der Waals surface area contributed by atoms with Gasteiger partial charge in [0.2, 0.25) is 0 Å². The van der Waals surface area contributed by atoms with Crippen molar-refractivity contribution in [2.75, 3.05) is 37.1 Å². The Morgan fingerprint density at radius 1 is 0.541 bits per heavy atom. The standard InChI is InChI=1S/2C26H20ClF4NO5/c2*1-13(17-6-3-14(9-19(17)27)15-4-7-18(24(34)35)20(28)10-15)25(36,26(29,30)31)16-5-8-22-21(11-16)32(2)23(33)12-37-22/h2*3-11,13,36H,12H2,1-2H3,(H,34,35)/t2*13-,25-/m10/s1. The largest absolute Gasteiger partial charge is 0.482 e. The molecule has 2 aliphatic rings. The highest BCUT2D eigenvalue weighted by Gasteiger charge is 2.60. The van der Waals surface area contributed by atoms with E-state index in [1.165, 1.54) is 88.6 Å². The van der Waals surface area contributed by atoms with Crippen LogP contribution in [0, 0.1) is 11.6 Å². The van der Waals surface area contributed by atoms with Gasteiger partial charge in [0.25, 0.3) is 11.8 Å². The number of carboxylic acids is 2. The molecular formula is C52H40Cl2F8N2O10. The van der Waals surface area contributed by atoms with Crippen molar-refractivity contribution in [3.8, 4) is 33.8 Å². The molecule has 74 heavy (non-hydrogen) atoms. The number of alkyl halides is 6. The lowest BCUT2D eigenvalue weighted by atomic mass is 9.77. The van der Waals surface area contributed by atoms with Gasteiger partial charge in [0.15, 0.2) is 24.4 Å². The Kier molecular flexibility index (Phi) is 14.9. The maximum absolute atomic E-state index is 14.5. The van der Waals surface area contributed by atoms with Crippen molar-refractivity contribution < 1.29 is 84.2 Å². The fourth-order valence-electron chi connectivity index (χ4n) is 8.64. The number of benzene rings is 6. The van der Waals surface area contributed by atoms with Gasteiger partial charge < -0.3 is 39.7 Å². The second kappa shape index (κ2) is 20.2. The van der Waals surface area contributed by atoms with Gasteiger partial charge in [0, 0.05) is 36.0 Å². The van der Waals surface area contributed by atoms with Crippen LogP contribution in [0.2, 0.25) is 10.0 Å². The number of fused-ring (bicyclic) bond motifs is 2. The van der Waals surface area contributed by atoms with E-state index >= 15 is 0 Å². The van der Waals surface area contributed by atoms with Gasteiger partial charge in [0.05, 0.1) is 22.5 Å². The molecule has 0 radical (unpaired) electrons. The van der Waals surface area contributed by atoms with Crippen molar-refractivity contribution in [1.82, 2.24) is 0 Å². The molecular weight excluding hydrogens is 1040 g/mol. The predicted molar refractivity (Wildman–Crippen MR) is 255 cm³/mol. The number of likely N-dealkylation sites (N-methyl/N-ethyl adjacent to an activating group) is 2. The van der Waals surface area contributed by atoms with Crippen LogP contribution in [0.4, 0.5) is 46.5 Å². The maximum atomic E-state index is 14.5. The van der Waals surface area contributed by atoms with Crippen LogP contribution in [0.25, 0.3) is 22.3 Å². The van der Waals surface area contributed by atoms with E-state index in [0.29, 0.717) is 11.1 Å². The quantitative estimate of drug-likeness (QED) is 0.0967. The van der Waals surface area contributed by atoms with E-state index in [1.807, 2.05) is 0 Å². The Morgan fingerprint density at radius 2 is 0.865 bits per heavy atom. The first-order chi connectivity index (χ1) is 34.5. The van der Waals surface area contributed by atoms with Crippen molar-refractivity contribution in [1.29, 1.82) is 0 Å². The van der Waals surface area contributed by atoms with Gasteiger partial charge in [-0.15, -0.1) is 0 Å². The second-order valence-corrected chi connectivity index (χ2v) is 18.1. The number of hydrogen-bond acceptors (Lipinski definition) is 8. The van der Waals surface area contributed by atoms with Crippen molar-refractivity contribution in [3.63, 3.8) is 0 Å². The average molecular weight is 1080 g/mol. The number of rotatable bonds is 10. The molecule has 22 heteroatoms. The fraction of sp³-hybridized carbons (Fsp3) is 0.231. The molecule has 4 atom stereocenters. The highest BCUT2D eigenvalue weighted by molar-refractivity contribution is 6.32.